The summed E-state index contributed by atoms with van der Waals surface area (Å²) in [5.74, 6) is -9.51. The van der Waals surface area contributed by atoms with Crippen LogP contribution in [0.2, 0.25) is 66.2 Å². The summed E-state index contributed by atoms with van der Waals surface area (Å²) in [4.78, 5) is 46.8. The molecule has 9 aromatic rings. The maximum Gasteiger partial charge on any atom is 0.490 e. The summed E-state index contributed by atoms with van der Waals surface area (Å²) in [6.45, 7) is 15.9. The zero-order chi connectivity index (χ0) is 94.6. The predicted octanol–water partition coefficient (Wildman–Crippen LogP) is 23.0. The van der Waals surface area contributed by atoms with Gasteiger partial charge in [0.25, 0.3) is 0 Å². The van der Waals surface area contributed by atoms with Crippen molar-refractivity contribution in [3.05, 3.63) is 243 Å². The SMILES string of the molecule is CC(C)(C)OC(=O)CCCN.CC(C)(C)OC(=O)NCCN(Cc1c(F)ccc(F)c1Cl)c1cc(Cl)nnc1Cl.CCCCNCc1c(F)ccc(F)c1Cl.Clc1cc(Cl)c(Cl)nn1.Fc1ccc(F)c(CN2CCCc3nnc(Cl)cc32)c1Cl.NCCN(Cc1c(F)ccc(F)c1Cl)c1cc(Cl)nnc1Cl.O=C(O)C(F)(F)F.O=Cc1c(F)ccc(F)c1Cl. The maximum absolute atomic E-state index is 14.3. The van der Waals surface area contributed by atoms with Crippen molar-refractivity contribution in [2.45, 2.75) is 131 Å². The molecule has 5 aromatic carbocycles. The first-order valence-corrected chi connectivity index (χ1v) is 41.0. The second-order valence-electron chi connectivity index (χ2n) is 27.1. The fourth-order valence-electron chi connectivity index (χ4n) is 9.61. The van der Waals surface area contributed by atoms with Gasteiger partial charge in [-0.2, -0.15) is 18.3 Å². The van der Waals surface area contributed by atoms with Gasteiger partial charge in [-0.05, 0) is 147 Å². The van der Waals surface area contributed by atoms with Crippen LogP contribution in [-0.4, -0.2) is 133 Å². The Labute approximate surface area is 774 Å². The number of ether oxygens (including phenoxy) is 2. The summed E-state index contributed by atoms with van der Waals surface area (Å²) in [5, 5.41) is 41.9. The number of nitrogens with zero attached hydrogens (tertiary/aromatic N) is 11. The van der Waals surface area contributed by atoms with Crippen molar-refractivity contribution in [1.29, 1.82) is 0 Å². The third-order valence-corrected chi connectivity index (χ3v) is 19.2. The number of nitrogens with two attached hydrogens (primary N) is 2. The zero-order valence-electron chi connectivity index (χ0n) is 66.5. The lowest BCUT2D eigenvalue weighted by molar-refractivity contribution is -0.192. The smallest absolute Gasteiger partial charge is 0.475 e. The normalized spacial score (nSPS) is 11.4. The molecular weight excluding hydrogens is 1950 g/mol. The highest BCUT2D eigenvalue weighted by Gasteiger charge is 2.38. The number of benzene rings is 5. The second kappa shape index (κ2) is 54.7. The third-order valence-electron chi connectivity index (χ3n) is 15.3. The molecule has 10 rings (SSSR count). The van der Waals surface area contributed by atoms with Crippen LogP contribution >= 0.6 is 151 Å². The molecule has 1 aliphatic rings. The first-order chi connectivity index (χ1) is 58.4. The number of alkyl halides is 3. The number of anilines is 3. The molecule has 125 heavy (non-hydrogen) atoms. The highest BCUT2D eigenvalue weighted by atomic mass is 35.5. The Morgan fingerprint density at radius 2 is 0.904 bits per heavy atom. The number of unbranched alkanes of at least 4 members (excludes halogenated alkanes) is 1. The Kier molecular flexibility index (Phi) is 48.8. The molecule has 0 saturated carbocycles. The van der Waals surface area contributed by atoms with E-state index in [2.05, 4.69) is 58.3 Å². The van der Waals surface area contributed by atoms with Gasteiger partial charge in [-0.15, -0.1) is 35.7 Å². The van der Waals surface area contributed by atoms with E-state index in [9.17, 15) is 71.5 Å². The van der Waals surface area contributed by atoms with Gasteiger partial charge in [0.15, 0.2) is 42.4 Å². The van der Waals surface area contributed by atoms with E-state index in [4.69, 9.17) is 182 Å². The summed E-state index contributed by atoms with van der Waals surface area (Å²) in [6, 6.07) is 15.9. The van der Waals surface area contributed by atoms with Crippen molar-refractivity contribution in [2.75, 3.05) is 60.5 Å². The number of nitrogens with one attached hydrogen (secondary N) is 2. The molecule has 0 atom stereocenters. The molecule has 0 aliphatic carbocycles. The lowest BCUT2D eigenvalue weighted by atomic mass is 10.1. The molecule has 0 unspecified atom stereocenters. The number of fused-ring (bicyclic) bond motifs is 1. The van der Waals surface area contributed by atoms with Gasteiger partial charge >= 0.3 is 24.2 Å². The number of aliphatic carboxylic acids is 1. The van der Waals surface area contributed by atoms with Crippen LogP contribution in [0.1, 0.15) is 119 Å². The average molecular weight is 2030 g/mol. The van der Waals surface area contributed by atoms with Crippen molar-refractivity contribution in [3.8, 4) is 0 Å². The molecule has 1 aliphatic heterocycles. The number of aryl methyl sites for hydroxylation is 1. The maximum atomic E-state index is 14.3. The summed E-state index contributed by atoms with van der Waals surface area (Å²) in [6.07, 6.45) is -0.679. The molecule has 0 bridgehead atoms. The van der Waals surface area contributed by atoms with Gasteiger partial charge in [-0.3, -0.25) is 9.59 Å². The van der Waals surface area contributed by atoms with Crippen molar-refractivity contribution in [3.63, 3.8) is 0 Å². The van der Waals surface area contributed by atoms with Gasteiger partial charge in [0, 0.05) is 106 Å². The fraction of sp³-hybridized carbons (Fsp3) is 0.351. The molecule has 684 valence electrons. The number of carboxylic acids is 1. The van der Waals surface area contributed by atoms with Crippen LogP contribution < -0.4 is 36.8 Å². The molecule has 0 saturated heterocycles. The molecule has 48 heteroatoms. The minimum absolute atomic E-state index is 0.000369. The number of carboxylic acid groups (broad SMARTS) is 1. The number of hydrogen-bond donors (Lipinski definition) is 5. The number of hydrogen-bond acceptors (Lipinski definition) is 20. The van der Waals surface area contributed by atoms with E-state index in [1.165, 1.54) is 18.2 Å². The van der Waals surface area contributed by atoms with E-state index in [1.54, 1.807) is 36.6 Å². The number of carbonyl (C=O) groups is 4. The van der Waals surface area contributed by atoms with E-state index in [-0.39, 0.29) is 142 Å². The lowest BCUT2D eigenvalue weighted by Gasteiger charge is -2.30. The van der Waals surface area contributed by atoms with Gasteiger partial charge in [0.2, 0.25) is 0 Å². The van der Waals surface area contributed by atoms with Crippen LogP contribution in [0.15, 0.2) is 84.9 Å². The van der Waals surface area contributed by atoms with E-state index in [1.807, 2.05) is 25.7 Å². The van der Waals surface area contributed by atoms with Crippen LogP contribution in [0.25, 0.3) is 0 Å². The van der Waals surface area contributed by atoms with Crippen molar-refractivity contribution < 1.29 is 90.8 Å². The highest BCUT2D eigenvalue weighted by molar-refractivity contribution is 6.42. The molecule has 0 spiro atoms. The predicted molar refractivity (Wildman–Crippen MR) is 460 cm³/mol. The van der Waals surface area contributed by atoms with Crippen LogP contribution in [-0.2, 0) is 51.7 Å². The van der Waals surface area contributed by atoms with E-state index in [0.717, 1.165) is 104 Å². The number of amides is 1. The molecule has 0 fully saturated rings. The number of alkyl carbamates (subject to hydrolysis) is 1. The molecule has 5 heterocycles. The van der Waals surface area contributed by atoms with Gasteiger partial charge in [0.1, 0.15) is 69.4 Å². The summed E-state index contributed by atoms with van der Waals surface area (Å²) in [7, 11) is 0. The zero-order valence-corrected chi connectivity index (χ0v) is 76.3. The number of aldehydes is 1. The fourth-order valence-corrected chi connectivity index (χ4v) is 11.9. The third kappa shape index (κ3) is 39.5. The van der Waals surface area contributed by atoms with Gasteiger partial charge in [-0.1, -0.05) is 164 Å². The number of halogens is 26. The molecule has 1 amide bonds. The summed E-state index contributed by atoms with van der Waals surface area (Å²) >= 11 is 74.6. The quantitative estimate of drug-likeness (QED) is 0.0138. The average Bonchev–Trinajstić information content (AvgIpc) is 0.802. The highest BCUT2D eigenvalue weighted by Crippen LogP contribution is 2.36. The summed E-state index contributed by atoms with van der Waals surface area (Å²) in [5.41, 5.74) is 11.9. The van der Waals surface area contributed by atoms with Gasteiger partial charge in [-0.25, -0.2) is 53.5 Å². The molecule has 22 nitrogen and oxygen atoms in total. The van der Waals surface area contributed by atoms with E-state index >= 15 is 0 Å². The molecule has 4 aromatic heterocycles. The Balaban J connectivity index is 0.000000383. The van der Waals surface area contributed by atoms with Gasteiger partial charge < -0.3 is 51.4 Å². The molecular formula is C77H77Cl13F13N15O7. The number of carbonyl (C=O) groups excluding carboxylic acids is 3. The standard InChI is InChI=1S/C18H19Cl3F2N4O2.C14H11Cl2F2N3.C13H11Cl3F2N4.C11H14ClF2N.C8H17NO2.C7H3ClF2O.C4HCl3N2.C2HF3O2/c1-18(2,3)29-17(28)24-6-7-27(13-8-14(19)25-26-16(13)21)9-10-11(22)4-5-12(23)15(10)20;15-13-6-12-11(19-20-13)2-1-5-21(12)7-8-9(17)3-4-10(18)14(8)16;14-11-5-10(13(16)21-20-11)22(4-3-19)6-7-8(17)1-2-9(18)12(7)15;1-2-3-6-15-7-8-9(13)4-5-10(14)11(8)12;1-8(2,3)11-7(10)5-4-6-9;8-7-4(3-11)5(9)1-2-6(7)10;5-2-1-3(6)8-9-4(2)7;3-2(4,5)1(6)7/h4-5,8H,6-7,9H2,1-3H3,(H,24,28);3-4,6H,1-2,5,7H2;1-2,5H,3-4,6,19H2;4-5,15H,2-3,6-7H2,1H3;4-6,9H2,1-3H3;1-3H;1H;(H,6,7). The number of rotatable bonds is 22. The monoisotopic (exact) mass is 2030 g/mol. The topological polar surface area (TPSA) is 296 Å². The number of esters is 1. The first-order valence-electron chi connectivity index (χ1n) is 36.1. The van der Waals surface area contributed by atoms with E-state index < -0.39 is 92.6 Å². The van der Waals surface area contributed by atoms with Crippen molar-refractivity contribution in [2.24, 2.45) is 11.5 Å². The van der Waals surface area contributed by atoms with E-state index in [0.29, 0.717) is 48.9 Å². The van der Waals surface area contributed by atoms with Crippen molar-refractivity contribution >= 4 is 192 Å². The Hall–Kier alpha value is -7.56. The largest absolute Gasteiger partial charge is 0.490 e. The lowest BCUT2D eigenvalue weighted by Crippen LogP contribution is -2.38. The van der Waals surface area contributed by atoms with Crippen LogP contribution in [0, 0.1) is 58.2 Å². The molecule has 7 N–H and O–H groups in total. The van der Waals surface area contributed by atoms with Crippen LogP contribution in [0.3, 0.4) is 0 Å². The molecule has 0 radical (unpaired) electrons. The summed E-state index contributed by atoms with van der Waals surface area (Å²) < 4.78 is 176. The number of aromatic nitrogens is 8. The van der Waals surface area contributed by atoms with Crippen LogP contribution in [0.5, 0.6) is 0 Å². The Bertz CT molecular complexity index is 5070. The second-order valence-corrected chi connectivity index (χ2v) is 32.0. The Morgan fingerprint density at radius 3 is 1.33 bits per heavy atom. The van der Waals surface area contributed by atoms with Gasteiger partial charge in [0.05, 0.1) is 58.5 Å². The minimum Gasteiger partial charge on any atom is -0.475 e. The Morgan fingerprint density at radius 1 is 0.504 bits per heavy atom. The van der Waals surface area contributed by atoms with Crippen LogP contribution in [0.4, 0.5) is 78.9 Å². The van der Waals surface area contributed by atoms with Crippen molar-refractivity contribution in [1.82, 2.24) is 51.4 Å². The minimum atomic E-state index is -5.08. The first kappa shape index (κ1) is 112.